The molecule has 0 spiro atoms. The number of benzene rings is 2. The quantitative estimate of drug-likeness (QED) is 0.755. The number of anilines is 2. The minimum atomic E-state index is -1.14. The van der Waals surface area contributed by atoms with Gasteiger partial charge in [0.25, 0.3) is 0 Å². The highest BCUT2D eigenvalue weighted by atomic mass is 16.4. The number of hydrogen-bond donors (Lipinski definition) is 2. The van der Waals surface area contributed by atoms with Crippen LogP contribution < -0.4 is 10.2 Å². The Morgan fingerprint density at radius 1 is 1.00 bits per heavy atom. The molecule has 0 saturated carbocycles. The van der Waals surface area contributed by atoms with Crippen LogP contribution in [0.1, 0.15) is 12.5 Å². The van der Waals surface area contributed by atoms with Gasteiger partial charge in [-0.05, 0) is 36.4 Å². The number of likely N-dealkylation sites (N-methyl/N-ethyl adjacent to an activating group) is 1. The lowest BCUT2D eigenvalue weighted by molar-refractivity contribution is -0.130. The smallest absolute Gasteiger partial charge is 0.336 e. The molecule has 1 aliphatic rings. The van der Waals surface area contributed by atoms with Gasteiger partial charge in [-0.25, -0.2) is 4.79 Å². The lowest BCUT2D eigenvalue weighted by Gasteiger charge is -2.35. The molecule has 0 aromatic heterocycles. The SMILES string of the molecule is CCN1CCN(c2ccc(NC(=O)/C=C(\C(=O)O)c3ccccc3)cc2)CC1. The molecule has 1 heterocycles. The number of carbonyl (C=O) groups is 2. The van der Waals surface area contributed by atoms with Gasteiger partial charge in [-0.2, -0.15) is 0 Å². The van der Waals surface area contributed by atoms with Crippen molar-refractivity contribution in [2.24, 2.45) is 0 Å². The number of amides is 1. The number of aliphatic carboxylic acids is 1. The van der Waals surface area contributed by atoms with Crippen molar-refractivity contribution in [2.45, 2.75) is 6.92 Å². The first kappa shape index (κ1) is 19.6. The molecule has 2 aromatic carbocycles. The van der Waals surface area contributed by atoms with E-state index in [-0.39, 0.29) is 5.57 Å². The van der Waals surface area contributed by atoms with Crippen molar-refractivity contribution in [1.29, 1.82) is 0 Å². The zero-order chi connectivity index (χ0) is 19.9. The first-order valence-corrected chi connectivity index (χ1v) is 9.45. The molecule has 28 heavy (non-hydrogen) atoms. The second-order valence-corrected chi connectivity index (χ2v) is 6.69. The zero-order valence-corrected chi connectivity index (χ0v) is 16.0. The lowest BCUT2D eigenvalue weighted by atomic mass is 10.1. The van der Waals surface area contributed by atoms with E-state index in [2.05, 4.69) is 22.0 Å². The standard InChI is InChI=1S/C22H25N3O3/c1-2-24-12-14-25(15-13-24)19-10-8-18(9-11-19)23-21(26)16-20(22(27)28)17-6-4-3-5-7-17/h3-11,16H,2,12-15H2,1H3,(H,23,26)(H,27,28)/b20-16-. The summed E-state index contributed by atoms with van der Waals surface area (Å²) in [6.45, 7) is 7.33. The van der Waals surface area contributed by atoms with Gasteiger partial charge < -0.3 is 20.2 Å². The molecule has 2 aromatic rings. The van der Waals surface area contributed by atoms with Crippen LogP contribution in [0.2, 0.25) is 0 Å². The Kier molecular flexibility index (Phi) is 6.45. The van der Waals surface area contributed by atoms with Crippen molar-refractivity contribution in [3.63, 3.8) is 0 Å². The summed E-state index contributed by atoms with van der Waals surface area (Å²) in [6, 6.07) is 16.3. The molecule has 2 N–H and O–H groups in total. The van der Waals surface area contributed by atoms with E-state index in [9.17, 15) is 14.7 Å². The monoisotopic (exact) mass is 379 g/mol. The molecular formula is C22H25N3O3. The fourth-order valence-corrected chi connectivity index (χ4v) is 3.27. The van der Waals surface area contributed by atoms with E-state index < -0.39 is 11.9 Å². The van der Waals surface area contributed by atoms with E-state index in [1.807, 2.05) is 24.3 Å². The second-order valence-electron chi connectivity index (χ2n) is 6.69. The molecule has 0 aliphatic carbocycles. The van der Waals surface area contributed by atoms with Crippen LogP contribution in [0, 0.1) is 0 Å². The van der Waals surface area contributed by atoms with E-state index in [4.69, 9.17) is 0 Å². The Morgan fingerprint density at radius 3 is 2.21 bits per heavy atom. The van der Waals surface area contributed by atoms with Gasteiger partial charge in [0.1, 0.15) is 0 Å². The number of carboxylic acid groups (broad SMARTS) is 1. The van der Waals surface area contributed by atoms with E-state index in [1.54, 1.807) is 30.3 Å². The molecular weight excluding hydrogens is 354 g/mol. The average Bonchev–Trinajstić information content (AvgIpc) is 2.73. The van der Waals surface area contributed by atoms with Crippen molar-refractivity contribution in [3.05, 3.63) is 66.2 Å². The third-order valence-corrected chi connectivity index (χ3v) is 4.91. The number of nitrogens with zero attached hydrogens (tertiary/aromatic N) is 2. The topological polar surface area (TPSA) is 72.9 Å². The van der Waals surface area contributed by atoms with Gasteiger partial charge in [0.05, 0.1) is 5.57 Å². The van der Waals surface area contributed by atoms with E-state index in [0.29, 0.717) is 11.3 Å². The minimum absolute atomic E-state index is 0.0384. The van der Waals surface area contributed by atoms with Crippen LogP contribution in [0.5, 0.6) is 0 Å². The number of carbonyl (C=O) groups excluding carboxylic acids is 1. The molecule has 6 nitrogen and oxygen atoms in total. The van der Waals surface area contributed by atoms with Gasteiger partial charge in [-0.3, -0.25) is 4.79 Å². The second kappa shape index (κ2) is 9.19. The number of carboxylic acids is 1. The van der Waals surface area contributed by atoms with Gasteiger partial charge in [-0.15, -0.1) is 0 Å². The van der Waals surface area contributed by atoms with Crippen LogP contribution in [0.3, 0.4) is 0 Å². The van der Waals surface area contributed by atoms with Gasteiger partial charge >= 0.3 is 5.97 Å². The summed E-state index contributed by atoms with van der Waals surface area (Å²) in [5.74, 6) is -1.60. The largest absolute Gasteiger partial charge is 0.478 e. The third kappa shape index (κ3) is 4.98. The zero-order valence-electron chi connectivity index (χ0n) is 16.0. The average molecular weight is 379 g/mol. The molecule has 0 atom stereocenters. The maximum absolute atomic E-state index is 12.3. The maximum atomic E-state index is 12.3. The van der Waals surface area contributed by atoms with Crippen LogP contribution in [0.15, 0.2) is 60.7 Å². The van der Waals surface area contributed by atoms with Crippen molar-refractivity contribution < 1.29 is 14.7 Å². The fraction of sp³-hybridized carbons (Fsp3) is 0.273. The molecule has 6 heteroatoms. The molecule has 1 amide bonds. The lowest BCUT2D eigenvalue weighted by Crippen LogP contribution is -2.46. The van der Waals surface area contributed by atoms with Gasteiger partial charge in [0.2, 0.25) is 5.91 Å². The van der Waals surface area contributed by atoms with E-state index in [1.165, 1.54) is 0 Å². The van der Waals surface area contributed by atoms with Crippen LogP contribution in [-0.4, -0.2) is 54.6 Å². The van der Waals surface area contributed by atoms with Crippen LogP contribution >= 0.6 is 0 Å². The van der Waals surface area contributed by atoms with Crippen LogP contribution in [0.25, 0.3) is 5.57 Å². The normalized spacial score (nSPS) is 15.3. The molecule has 0 radical (unpaired) electrons. The number of rotatable bonds is 6. The Morgan fingerprint density at radius 2 is 1.64 bits per heavy atom. The molecule has 1 saturated heterocycles. The highest BCUT2D eigenvalue weighted by Gasteiger charge is 2.16. The number of piperazine rings is 1. The highest BCUT2D eigenvalue weighted by molar-refractivity contribution is 6.21. The molecule has 0 bridgehead atoms. The molecule has 1 aliphatic heterocycles. The first-order chi connectivity index (χ1) is 13.6. The summed E-state index contributed by atoms with van der Waals surface area (Å²) >= 11 is 0. The minimum Gasteiger partial charge on any atom is -0.478 e. The van der Waals surface area contributed by atoms with Crippen LogP contribution in [-0.2, 0) is 9.59 Å². The number of nitrogens with one attached hydrogen (secondary N) is 1. The molecule has 0 unspecified atom stereocenters. The molecule has 3 rings (SSSR count). The summed E-state index contributed by atoms with van der Waals surface area (Å²) in [5, 5.41) is 12.1. The van der Waals surface area contributed by atoms with Crippen molar-refractivity contribution in [1.82, 2.24) is 4.90 Å². The van der Waals surface area contributed by atoms with Crippen molar-refractivity contribution >= 4 is 28.8 Å². The van der Waals surface area contributed by atoms with Crippen molar-refractivity contribution in [2.75, 3.05) is 42.9 Å². The summed E-state index contributed by atoms with van der Waals surface area (Å²) in [4.78, 5) is 28.5. The van der Waals surface area contributed by atoms with Gasteiger partial charge in [0, 0.05) is 43.6 Å². The summed E-state index contributed by atoms with van der Waals surface area (Å²) in [6.07, 6.45) is 1.12. The van der Waals surface area contributed by atoms with E-state index >= 15 is 0 Å². The predicted molar refractivity (Wildman–Crippen MR) is 111 cm³/mol. The summed E-state index contributed by atoms with van der Waals surface area (Å²) in [7, 11) is 0. The van der Waals surface area contributed by atoms with Gasteiger partial charge in [0.15, 0.2) is 0 Å². The summed E-state index contributed by atoms with van der Waals surface area (Å²) in [5.41, 5.74) is 2.21. The van der Waals surface area contributed by atoms with E-state index in [0.717, 1.165) is 44.5 Å². The van der Waals surface area contributed by atoms with Crippen molar-refractivity contribution in [3.8, 4) is 0 Å². The Hall–Kier alpha value is -3.12. The highest BCUT2D eigenvalue weighted by Crippen LogP contribution is 2.20. The summed E-state index contributed by atoms with van der Waals surface area (Å²) < 4.78 is 0. The molecule has 1 fully saturated rings. The third-order valence-electron chi connectivity index (χ3n) is 4.91. The predicted octanol–water partition coefficient (Wildman–Crippen LogP) is 2.94. The fourth-order valence-electron chi connectivity index (χ4n) is 3.27. The maximum Gasteiger partial charge on any atom is 0.336 e. The number of hydrogen-bond acceptors (Lipinski definition) is 4. The van der Waals surface area contributed by atoms with Gasteiger partial charge in [-0.1, -0.05) is 37.3 Å². The Bertz CT molecular complexity index is 839. The first-order valence-electron chi connectivity index (χ1n) is 9.45. The molecule has 146 valence electrons. The Balaban J connectivity index is 1.65. The van der Waals surface area contributed by atoms with Crippen LogP contribution in [0.4, 0.5) is 11.4 Å². The Labute approximate surface area is 165 Å².